The third-order valence-electron chi connectivity index (χ3n) is 1.63. The Kier molecular flexibility index (Phi) is 3.90. The Balaban J connectivity index is 2.81. The van der Waals surface area contributed by atoms with Gasteiger partial charge in [0.1, 0.15) is 5.60 Å². The van der Waals surface area contributed by atoms with Gasteiger partial charge in [-0.25, -0.2) is 4.57 Å². The predicted octanol–water partition coefficient (Wildman–Crippen LogP) is 1.93. The van der Waals surface area contributed by atoms with Gasteiger partial charge in [-0.1, -0.05) is 30.0 Å². The molecule has 0 fully saturated rings. The molecule has 1 rings (SSSR count). The number of hydrogen-bond acceptors (Lipinski definition) is 2. The molecule has 0 saturated heterocycles. The monoisotopic (exact) mass is 240 g/mol. The van der Waals surface area contributed by atoms with Crippen LogP contribution in [0, 0.1) is 11.8 Å². The molecule has 0 radical (unpaired) electrons. The van der Waals surface area contributed by atoms with E-state index in [1.165, 1.54) is 13.8 Å². The first-order valence-corrected chi connectivity index (χ1v) is 6.16. The summed E-state index contributed by atoms with van der Waals surface area (Å²) in [4.78, 5) is 17.3. The third-order valence-corrected chi connectivity index (χ3v) is 2.32. The van der Waals surface area contributed by atoms with Crippen LogP contribution in [0.1, 0.15) is 19.4 Å². The van der Waals surface area contributed by atoms with Crippen LogP contribution in [0.15, 0.2) is 30.3 Å². The van der Waals surface area contributed by atoms with E-state index in [9.17, 15) is 4.57 Å². The van der Waals surface area contributed by atoms with Gasteiger partial charge < -0.3 is 9.79 Å². The topological polar surface area (TPSA) is 66.8 Å². The highest BCUT2D eigenvalue weighted by molar-refractivity contribution is 7.46. The van der Waals surface area contributed by atoms with Gasteiger partial charge in [0.25, 0.3) is 0 Å². The first-order chi connectivity index (χ1) is 7.29. The van der Waals surface area contributed by atoms with E-state index in [0.29, 0.717) is 0 Å². The predicted molar refractivity (Wildman–Crippen MR) is 60.5 cm³/mol. The van der Waals surface area contributed by atoms with Gasteiger partial charge in [0.05, 0.1) is 0 Å². The molecule has 0 atom stereocenters. The minimum Gasteiger partial charge on any atom is -0.303 e. The maximum Gasteiger partial charge on any atom is 0.471 e. The van der Waals surface area contributed by atoms with Gasteiger partial charge in [-0.15, -0.1) is 0 Å². The summed E-state index contributed by atoms with van der Waals surface area (Å²) in [7, 11) is -4.51. The molecule has 86 valence electrons. The summed E-state index contributed by atoms with van der Waals surface area (Å²) in [5.41, 5.74) is -0.417. The summed E-state index contributed by atoms with van der Waals surface area (Å²) >= 11 is 0. The molecule has 5 heteroatoms. The average molecular weight is 240 g/mol. The zero-order valence-electron chi connectivity index (χ0n) is 9.04. The first kappa shape index (κ1) is 13.0. The number of phosphoric ester groups is 1. The van der Waals surface area contributed by atoms with Gasteiger partial charge >= 0.3 is 7.82 Å². The molecule has 0 aliphatic heterocycles. The van der Waals surface area contributed by atoms with Crippen molar-refractivity contribution in [2.45, 2.75) is 19.4 Å². The number of hydrogen-bond donors (Lipinski definition) is 2. The van der Waals surface area contributed by atoms with Crippen LogP contribution in [0.3, 0.4) is 0 Å². The standard InChI is InChI=1S/C11H13O4P/c1-11(2,15-16(12,13)14)9-8-10-6-4-3-5-7-10/h3-7H,1-2H3,(H2,12,13,14). The Labute approximate surface area is 94.5 Å². The molecule has 0 aromatic heterocycles. The maximum atomic E-state index is 10.7. The normalized spacial score (nSPS) is 11.8. The summed E-state index contributed by atoms with van der Waals surface area (Å²) in [6.07, 6.45) is 0. The lowest BCUT2D eigenvalue weighted by atomic mass is 10.1. The van der Waals surface area contributed by atoms with E-state index >= 15 is 0 Å². The highest BCUT2D eigenvalue weighted by Gasteiger charge is 2.26. The van der Waals surface area contributed by atoms with E-state index in [1.54, 1.807) is 12.1 Å². The van der Waals surface area contributed by atoms with Crippen molar-refractivity contribution in [3.05, 3.63) is 35.9 Å². The van der Waals surface area contributed by atoms with Crippen LogP contribution in [0.2, 0.25) is 0 Å². The summed E-state index contributed by atoms with van der Waals surface area (Å²) in [6, 6.07) is 9.14. The molecule has 1 aromatic carbocycles. The van der Waals surface area contributed by atoms with Crippen LogP contribution in [0.25, 0.3) is 0 Å². The van der Waals surface area contributed by atoms with Crippen LogP contribution < -0.4 is 0 Å². The van der Waals surface area contributed by atoms with Gasteiger partial charge in [0.2, 0.25) is 0 Å². The third kappa shape index (κ3) is 5.11. The first-order valence-electron chi connectivity index (χ1n) is 4.63. The van der Waals surface area contributed by atoms with E-state index < -0.39 is 13.4 Å². The molecule has 0 saturated carbocycles. The highest BCUT2D eigenvalue weighted by Crippen LogP contribution is 2.40. The molecule has 1 aromatic rings. The lowest BCUT2D eigenvalue weighted by molar-refractivity contribution is 0.111. The number of benzene rings is 1. The van der Waals surface area contributed by atoms with E-state index in [0.717, 1.165) is 5.56 Å². The fraction of sp³-hybridized carbons (Fsp3) is 0.273. The van der Waals surface area contributed by atoms with Crippen LogP contribution in [-0.2, 0) is 9.09 Å². The highest BCUT2D eigenvalue weighted by atomic mass is 31.2. The van der Waals surface area contributed by atoms with Crippen LogP contribution in [-0.4, -0.2) is 15.4 Å². The van der Waals surface area contributed by atoms with Crippen molar-refractivity contribution in [1.29, 1.82) is 0 Å². The van der Waals surface area contributed by atoms with Crippen molar-refractivity contribution >= 4 is 7.82 Å². The molecule has 0 amide bonds. The zero-order valence-corrected chi connectivity index (χ0v) is 9.94. The number of phosphoric acid groups is 1. The molecule has 2 N–H and O–H groups in total. The van der Waals surface area contributed by atoms with E-state index in [4.69, 9.17) is 9.79 Å². The van der Waals surface area contributed by atoms with Crippen LogP contribution in [0.5, 0.6) is 0 Å². The SMILES string of the molecule is CC(C)(C#Cc1ccccc1)OP(=O)(O)O. The Bertz CT molecular complexity index is 450. The summed E-state index contributed by atoms with van der Waals surface area (Å²) in [6.45, 7) is 3.00. The molecular formula is C11H13O4P. The maximum absolute atomic E-state index is 10.7. The van der Waals surface area contributed by atoms with Gasteiger partial charge in [-0.3, -0.25) is 4.52 Å². The Morgan fingerprint density at radius 1 is 1.25 bits per heavy atom. The smallest absolute Gasteiger partial charge is 0.303 e. The van der Waals surface area contributed by atoms with Gasteiger partial charge in [-0.2, -0.15) is 0 Å². The Morgan fingerprint density at radius 2 is 1.81 bits per heavy atom. The summed E-state index contributed by atoms with van der Waals surface area (Å²) in [5, 5.41) is 0. The van der Waals surface area contributed by atoms with Gasteiger partial charge in [0, 0.05) is 5.56 Å². The van der Waals surface area contributed by atoms with Crippen molar-refractivity contribution in [2.24, 2.45) is 0 Å². The molecule has 0 unspecified atom stereocenters. The van der Waals surface area contributed by atoms with Crippen molar-refractivity contribution in [3.8, 4) is 11.8 Å². The number of rotatable bonds is 2. The quantitative estimate of drug-likeness (QED) is 0.612. The van der Waals surface area contributed by atoms with E-state index in [-0.39, 0.29) is 0 Å². The zero-order chi connectivity index (χ0) is 12.2. The molecule has 0 spiro atoms. The largest absolute Gasteiger partial charge is 0.471 e. The molecule has 0 heterocycles. The molecule has 0 bridgehead atoms. The fourth-order valence-corrected chi connectivity index (χ4v) is 1.70. The van der Waals surface area contributed by atoms with E-state index in [1.807, 2.05) is 18.2 Å². The van der Waals surface area contributed by atoms with Crippen molar-refractivity contribution < 1.29 is 18.9 Å². The second-order valence-corrected chi connectivity index (χ2v) is 4.87. The minimum absolute atomic E-state index is 0.768. The Hall–Kier alpha value is -1.11. The lowest BCUT2D eigenvalue weighted by Crippen LogP contribution is -2.20. The Morgan fingerprint density at radius 3 is 2.31 bits per heavy atom. The summed E-state index contributed by atoms with van der Waals surface area (Å²) < 4.78 is 15.2. The molecule has 0 aliphatic carbocycles. The fourth-order valence-electron chi connectivity index (χ4n) is 1.06. The lowest BCUT2D eigenvalue weighted by Gasteiger charge is -2.18. The second kappa shape index (κ2) is 4.82. The average Bonchev–Trinajstić information content (AvgIpc) is 2.13. The van der Waals surface area contributed by atoms with Crippen LogP contribution in [0.4, 0.5) is 0 Å². The second-order valence-electron chi connectivity index (χ2n) is 3.71. The van der Waals surface area contributed by atoms with Crippen molar-refractivity contribution in [1.82, 2.24) is 0 Å². The van der Waals surface area contributed by atoms with E-state index in [2.05, 4.69) is 16.4 Å². The minimum atomic E-state index is -4.51. The summed E-state index contributed by atoms with van der Waals surface area (Å²) in [5.74, 6) is 5.46. The van der Waals surface area contributed by atoms with Crippen molar-refractivity contribution in [2.75, 3.05) is 0 Å². The van der Waals surface area contributed by atoms with Crippen molar-refractivity contribution in [3.63, 3.8) is 0 Å². The van der Waals surface area contributed by atoms with Gasteiger partial charge in [0.15, 0.2) is 0 Å². The van der Waals surface area contributed by atoms with Crippen LogP contribution >= 0.6 is 7.82 Å². The molecule has 4 nitrogen and oxygen atoms in total. The molecule has 0 aliphatic rings. The molecule has 16 heavy (non-hydrogen) atoms. The van der Waals surface area contributed by atoms with Gasteiger partial charge in [-0.05, 0) is 26.0 Å². The molecular weight excluding hydrogens is 227 g/mol.